The van der Waals surface area contributed by atoms with Gasteiger partial charge < -0.3 is 0 Å². The van der Waals surface area contributed by atoms with Crippen LogP contribution in [0.5, 0.6) is 0 Å². The molecule has 0 spiro atoms. The molecule has 0 aromatic rings. The molecule has 0 nitrogen and oxygen atoms in total. The molecule has 0 aromatic heterocycles. The fraction of sp³-hybridized carbons (Fsp3) is 1.00. The zero-order chi connectivity index (χ0) is 13.7. The molecular formula is C14H30. The molecule has 0 heteroatoms. The van der Waals surface area contributed by atoms with E-state index in [1.807, 2.05) is 0 Å². The Morgan fingerprint density at radius 3 is 1.64 bits per heavy atom. The summed E-state index contributed by atoms with van der Waals surface area (Å²) in [4.78, 5) is 0. The van der Waals surface area contributed by atoms with E-state index < -0.39 is 0 Å². The number of rotatable bonds is 9. The molecule has 0 saturated carbocycles. The average molecular weight is 202 g/mol. The van der Waals surface area contributed by atoms with E-state index in [9.17, 15) is 0 Å². The summed E-state index contributed by atoms with van der Waals surface area (Å²) in [6.07, 6.45) is 9.25. The minimum Gasteiger partial charge on any atom is -0.0654 e. The molecule has 0 aliphatic carbocycles. The van der Waals surface area contributed by atoms with Crippen LogP contribution in [0, 0.1) is 5.41 Å². The van der Waals surface area contributed by atoms with Crippen LogP contribution >= 0.6 is 0 Å². The van der Waals surface area contributed by atoms with Crippen LogP contribution in [0.4, 0.5) is 0 Å². The largest absolute Gasteiger partial charge is 0.0654 e. The number of hydrogen-bond acceptors (Lipinski definition) is 0. The van der Waals surface area contributed by atoms with Crippen LogP contribution in [0.2, 0.25) is 0 Å². The number of unbranched alkanes of at least 4 members (excludes halogenated alkanes) is 1. The van der Waals surface area contributed by atoms with Crippen molar-refractivity contribution in [2.24, 2.45) is 5.41 Å². The lowest BCUT2D eigenvalue weighted by molar-refractivity contribution is 0.187. The van der Waals surface area contributed by atoms with Crippen molar-refractivity contribution < 1.29 is 5.48 Å². The first kappa shape index (κ1) is 8.19. The van der Waals surface area contributed by atoms with Gasteiger partial charge in [-0.05, 0) is 31.1 Å². The van der Waals surface area contributed by atoms with E-state index in [0.29, 0.717) is 27.6 Å². The molecule has 0 N–H and O–H groups in total. The molecule has 0 fully saturated rings. The van der Waals surface area contributed by atoms with Crippen LogP contribution < -0.4 is 0 Å². The zero-order valence-electron chi connectivity index (χ0n) is 13.7. The van der Waals surface area contributed by atoms with Gasteiger partial charge in [-0.25, -0.2) is 0 Å². The molecular weight excluding hydrogens is 168 g/mol. The highest BCUT2D eigenvalue weighted by atomic mass is 14.3. The van der Waals surface area contributed by atoms with Gasteiger partial charge in [0.15, 0.2) is 0 Å². The molecule has 0 aliphatic heterocycles. The van der Waals surface area contributed by atoms with Gasteiger partial charge in [0.2, 0.25) is 0 Å². The maximum atomic E-state index is 7.35. The predicted molar refractivity (Wildman–Crippen MR) is 66.7 cm³/mol. The second kappa shape index (κ2) is 8.32. The third-order valence-electron chi connectivity index (χ3n) is 3.08. The molecule has 86 valence electrons. The van der Waals surface area contributed by atoms with Crippen molar-refractivity contribution in [1.29, 1.82) is 0 Å². The fourth-order valence-corrected chi connectivity index (χ4v) is 2.37. The van der Waals surface area contributed by atoms with Crippen molar-refractivity contribution in [1.82, 2.24) is 0 Å². The summed E-state index contributed by atoms with van der Waals surface area (Å²) in [5, 5.41) is 0. The fourth-order valence-electron chi connectivity index (χ4n) is 2.37. The minimum absolute atomic E-state index is 0.262. The van der Waals surface area contributed by atoms with E-state index in [4.69, 9.17) is 5.48 Å². The molecule has 0 aliphatic rings. The summed E-state index contributed by atoms with van der Waals surface area (Å²) in [5.41, 5.74) is 0.262. The van der Waals surface area contributed by atoms with Crippen molar-refractivity contribution in [2.75, 3.05) is 0 Å². The summed E-state index contributed by atoms with van der Waals surface area (Å²) >= 11 is 0. The van der Waals surface area contributed by atoms with E-state index in [1.165, 1.54) is 0 Å². The Bertz CT molecular complexity index is 151. The summed E-state index contributed by atoms with van der Waals surface area (Å²) in [5.74, 6) is 0. The summed E-state index contributed by atoms with van der Waals surface area (Å²) in [6, 6.07) is 0. The molecule has 0 rings (SSSR count). The van der Waals surface area contributed by atoms with E-state index in [0.717, 1.165) is 57.8 Å². The molecule has 0 aromatic carbocycles. The molecule has 0 radical (unpaired) electrons. The normalized spacial score (nSPS) is 15.7. The second-order valence-electron chi connectivity index (χ2n) is 4.27. The van der Waals surface area contributed by atoms with Crippen molar-refractivity contribution >= 4 is 0 Å². The van der Waals surface area contributed by atoms with E-state index >= 15 is 0 Å². The first-order valence-electron chi connectivity index (χ1n) is 8.74. The van der Waals surface area contributed by atoms with Crippen molar-refractivity contribution in [3.63, 3.8) is 0 Å². The van der Waals surface area contributed by atoms with Gasteiger partial charge in [0.25, 0.3) is 0 Å². The minimum atomic E-state index is 0.262. The van der Waals surface area contributed by atoms with Crippen LogP contribution in [0.3, 0.4) is 0 Å². The lowest BCUT2D eigenvalue weighted by atomic mass is 9.72. The van der Waals surface area contributed by atoms with Crippen LogP contribution in [-0.2, 0) is 0 Å². The highest BCUT2D eigenvalue weighted by Gasteiger charge is 2.26. The van der Waals surface area contributed by atoms with Crippen molar-refractivity contribution in [3.05, 3.63) is 0 Å². The van der Waals surface area contributed by atoms with E-state index in [2.05, 4.69) is 0 Å². The zero-order valence-corrected chi connectivity index (χ0v) is 9.69. The van der Waals surface area contributed by atoms with Gasteiger partial charge in [-0.2, -0.15) is 0 Å². The molecule has 14 heavy (non-hydrogen) atoms. The van der Waals surface area contributed by atoms with Crippen LogP contribution in [0.25, 0.3) is 0 Å². The maximum absolute atomic E-state index is 7.35. The Balaban J connectivity index is 4.41. The third-order valence-corrected chi connectivity index (χ3v) is 3.08. The Kier molecular flexibility index (Phi) is 4.87. The SMILES string of the molecule is [2H]CCCCC(CCC[2H])(CCC[2H])CCC[2H]. The monoisotopic (exact) mass is 202 g/mol. The van der Waals surface area contributed by atoms with Gasteiger partial charge in [0.05, 0.1) is 0 Å². The van der Waals surface area contributed by atoms with E-state index in [1.54, 1.807) is 0 Å². The Hall–Kier alpha value is 0. The smallest absolute Gasteiger partial charge is 0.0230 e. The molecule has 0 heterocycles. The molecule has 0 atom stereocenters. The molecule has 0 unspecified atom stereocenters. The van der Waals surface area contributed by atoms with Gasteiger partial charge in [0, 0.05) is 5.48 Å². The van der Waals surface area contributed by atoms with Crippen LogP contribution in [0.1, 0.15) is 90.9 Å². The molecule has 0 bridgehead atoms. The average Bonchev–Trinajstić information content (AvgIpc) is 2.40. The van der Waals surface area contributed by atoms with Gasteiger partial charge in [0.1, 0.15) is 0 Å². The summed E-state index contributed by atoms with van der Waals surface area (Å²) in [7, 11) is 0. The predicted octanol–water partition coefficient (Wildman–Crippen LogP) is 5.56. The van der Waals surface area contributed by atoms with Gasteiger partial charge >= 0.3 is 0 Å². The summed E-state index contributed by atoms with van der Waals surface area (Å²) < 4.78 is 29.3. The Morgan fingerprint density at radius 1 is 0.714 bits per heavy atom. The third kappa shape index (κ3) is 5.02. The van der Waals surface area contributed by atoms with Crippen molar-refractivity contribution in [3.8, 4) is 0 Å². The first-order valence-corrected chi connectivity index (χ1v) is 5.91. The Labute approximate surface area is 97.1 Å². The van der Waals surface area contributed by atoms with Crippen molar-refractivity contribution in [2.45, 2.75) is 85.4 Å². The summed E-state index contributed by atoms with van der Waals surface area (Å²) in [6.45, 7) is 1.97. The highest BCUT2D eigenvalue weighted by Crippen LogP contribution is 2.39. The molecule has 0 saturated heterocycles. The molecule has 0 amide bonds. The maximum Gasteiger partial charge on any atom is 0.0230 e. The van der Waals surface area contributed by atoms with Crippen LogP contribution in [-0.4, -0.2) is 0 Å². The van der Waals surface area contributed by atoms with Gasteiger partial charge in [-0.1, -0.05) is 59.7 Å². The van der Waals surface area contributed by atoms with E-state index in [-0.39, 0.29) is 5.41 Å². The Morgan fingerprint density at radius 2 is 1.21 bits per heavy atom. The van der Waals surface area contributed by atoms with Crippen LogP contribution in [0.15, 0.2) is 0 Å². The lowest BCUT2D eigenvalue weighted by Gasteiger charge is -2.33. The second-order valence-corrected chi connectivity index (χ2v) is 4.27. The standard InChI is InChI=1S/C14H30/c1-5-9-13-14(10-6-2,11-7-3)12-8-4/h5-13H2,1-4H3/i1D,2D,3D,4D. The highest BCUT2D eigenvalue weighted by molar-refractivity contribution is 4.78. The topological polar surface area (TPSA) is 0 Å². The lowest BCUT2D eigenvalue weighted by Crippen LogP contribution is -2.20. The van der Waals surface area contributed by atoms with Gasteiger partial charge in [-0.15, -0.1) is 0 Å². The quantitative estimate of drug-likeness (QED) is 0.429. The first-order chi connectivity index (χ1) is 8.74. The van der Waals surface area contributed by atoms with Gasteiger partial charge in [-0.3, -0.25) is 0 Å². The number of hydrogen-bond donors (Lipinski definition) is 0.